The first-order chi connectivity index (χ1) is 7.36. The molecule has 2 bridgehead atoms. The smallest absolute Gasteiger partial charge is 0.223 e. The highest BCUT2D eigenvalue weighted by Crippen LogP contribution is 2.25. The van der Waals surface area contributed by atoms with Gasteiger partial charge in [0.05, 0.1) is 0 Å². The highest BCUT2D eigenvalue weighted by atomic mass is 16.2. The van der Waals surface area contributed by atoms with Crippen LogP contribution < -0.4 is 5.32 Å². The van der Waals surface area contributed by atoms with E-state index in [2.05, 4.69) is 5.32 Å². The van der Waals surface area contributed by atoms with Gasteiger partial charge in [0.2, 0.25) is 5.91 Å². The molecule has 0 aromatic carbocycles. The third-order valence-corrected chi connectivity index (χ3v) is 3.89. The number of fused-ring (bicyclic) bond motifs is 2. The molecule has 1 aliphatic carbocycles. The molecule has 2 rings (SSSR count). The van der Waals surface area contributed by atoms with Gasteiger partial charge < -0.3 is 5.32 Å². The van der Waals surface area contributed by atoms with Crippen molar-refractivity contribution in [3.63, 3.8) is 0 Å². The first kappa shape index (κ1) is 11.0. The molecule has 2 nitrogen and oxygen atoms in total. The van der Waals surface area contributed by atoms with Crippen molar-refractivity contribution in [1.82, 2.24) is 5.32 Å². The lowest BCUT2D eigenvalue weighted by molar-refractivity contribution is -0.122. The minimum atomic E-state index is 0.333. The number of carbonyl (C=O) groups excluding carboxylic acids is 1. The van der Waals surface area contributed by atoms with Crippen molar-refractivity contribution in [3.05, 3.63) is 0 Å². The molecule has 1 saturated heterocycles. The van der Waals surface area contributed by atoms with Gasteiger partial charge in [-0.15, -0.1) is 0 Å². The Labute approximate surface area is 92.8 Å². The van der Waals surface area contributed by atoms with Gasteiger partial charge in [-0.3, -0.25) is 4.79 Å². The summed E-state index contributed by atoms with van der Waals surface area (Å²) < 4.78 is 0. The molecular weight excluding hydrogens is 186 g/mol. The summed E-state index contributed by atoms with van der Waals surface area (Å²) in [5.74, 6) is 0.675. The molecule has 1 amide bonds. The molecule has 1 saturated carbocycles. The Kier molecular flexibility index (Phi) is 4.04. The molecule has 1 N–H and O–H groups in total. The summed E-state index contributed by atoms with van der Waals surface area (Å²) in [5.41, 5.74) is 0. The van der Waals surface area contributed by atoms with Crippen LogP contribution in [-0.4, -0.2) is 11.9 Å². The molecule has 0 aromatic rings. The highest BCUT2D eigenvalue weighted by molar-refractivity contribution is 5.81. The number of hydrogen-bond donors (Lipinski definition) is 1. The summed E-state index contributed by atoms with van der Waals surface area (Å²) in [6, 6.07) is 0.502. The topological polar surface area (TPSA) is 29.1 Å². The lowest BCUT2D eigenvalue weighted by Gasteiger charge is -2.11. The standard InChI is InChI=1S/C13H23NO/c15-13-11-8-6-4-2-1-3-5-7-9-12(10-11)14-13/h11-12H,1-10H2,(H,14,15). The summed E-state index contributed by atoms with van der Waals surface area (Å²) in [4.78, 5) is 11.6. The molecule has 2 aliphatic rings. The number of hydrogen-bond acceptors (Lipinski definition) is 1. The largest absolute Gasteiger partial charge is 0.353 e. The number of carbonyl (C=O) groups is 1. The van der Waals surface area contributed by atoms with Crippen molar-refractivity contribution in [2.45, 2.75) is 70.3 Å². The predicted molar refractivity (Wildman–Crippen MR) is 61.6 cm³/mol. The highest BCUT2D eigenvalue weighted by Gasteiger charge is 2.30. The maximum Gasteiger partial charge on any atom is 0.223 e. The fourth-order valence-corrected chi connectivity index (χ4v) is 2.93. The minimum absolute atomic E-state index is 0.333. The van der Waals surface area contributed by atoms with Crippen molar-refractivity contribution in [3.8, 4) is 0 Å². The molecule has 0 radical (unpaired) electrons. The predicted octanol–water partition coefficient (Wildman–Crippen LogP) is 3.02. The van der Waals surface area contributed by atoms with Crippen molar-refractivity contribution in [1.29, 1.82) is 0 Å². The molecule has 1 heterocycles. The summed E-state index contributed by atoms with van der Waals surface area (Å²) in [6.45, 7) is 0. The summed E-state index contributed by atoms with van der Waals surface area (Å²) in [5, 5.41) is 3.15. The van der Waals surface area contributed by atoms with Crippen LogP contribution in [-0.2, 0) is 4.79 Å². The maximum absolute atomic E-state index is 11.6. The first-order valence-electron chi connectivity index (χ1n) is 6.66. The SMILES string of the molecule is O=C1NC2CCCCCCCCCC1C2. The monoisotopic (exact) mass is 209 g/mol. The Bertz CT molecular complexity index is 215. The molecule has 2 heteroatoms. The van der Waals surface area contributed by atoms with Crippen LogP contribution in [0.4, 0.5) is 0 Å². The Hall–Kier alpha value is -0.530. The van der Waals surface area contributed by atoms with Crippen LogP contribution in [0.25, 0.3) is 0 Å². The first-order valence-corrected chi connectivity index (χ1v) is 6.66. The van der Waals surface area contributed by atoms with E-state index >= 15 is 0 Å². The van der Waals surface area contributed by atoms with Crippen LogP contribution in [0.5, 0.6) is 0 Å². The molecule has 2 fully saturated rings. The molecule has 2 atom stereocenters. The van der Waals surface area contributed by atoms with E-state index in [9.17, 15) is 4.79 Å². The van der Waals surface area contributed by atoms with Crippen molar-refractivity contribution < 1.29 is 4.79 Å². The maximum atomic E-state index is 11.6. The van der Waals surface area contributed by atoms with Crippen molar-refractivity contribution in [2.75, 3.05) is 0 Å². The van der Waals surface area contributed by atoms with E-state index in [0.717, 1.165) is 12.8 Å². The average Bonchev–Trinajstić information content (AvgIpc) is 2.55. The van der Waals surface area contributed by atoms with Crippen molar-refractivity contribution >= 4 is 5.91 Å². The summed E-state index contributed by atoms with van der Waals surface area (Å²) >= 11 is 0. The molecule has 15 heavy (non-hydrogen) atoms. The van der Waals surface area contributed by atoms with Crippen LogP contribution in [0.1, 0.15) is 64.2 Å². The molecular formula is C13H23NO. The van der Waals surface area contributed by atoms with Crippen LogP contribution in [0.15, 0.2) is 0 Å². The van der Waals surface area contributed by atoms with Gasteiger partial charge in [0.1, 0.15) is 0 Å². The van der Waals surface area contributed by atoms with Gasteiger partial charge in [-0.1, -0.05) is 44.9 Å². The molecule has 86 valence electrons. The average molecular weight is 209 g/mol. The molecule has 2 unspecified atom stereocenters. The Morgan fingerprint density at radius 2 is 1.47 bits per heavy atom. The fraction of sp³-hybridized carbons (Fsp3) is 0.923. The lowest BCUT2D eigenvalue weighted by Crippen LogP contribution is -2.26. The Morgan fingerprint density at radius 3 is 2.20 bits per heavy atom. The van der Waals surface area contributed by atoms with Crippen LogP contribution in [0.3, 0.4) is 0 Å². The third kappa shape index (κ3) is 3.22. The van der Waals surface area contributed by atoms with Gasteiger partial charge in [0, 0.05) is 12.0 Å². The molecule has 1 aliphatic heterocycles. The summed E-state index contributed by atoms with van der Waals surface area (Å²) in [6.07, 6.45) is 12.9. The third-order valence-electron chi connectivity index (χ3n) is 3.89. The van der Waals surface area contributed by atoms with E-state index in [1.165, 1.54) is 51.4 Å². The van der Waals surface area contributed by atoms with Crippen LogP contribution >= 0.6 is 0 Å². The van der Waals surface area contributed by atoms with Gasteiger partial charge in [-0.05, 0) is 19.3 Å². The van der Waals surface area contributed by atoms with Gasteiger partial charge in [0.25, 0.3) is 0 Å². The number of rotatable bonds is 0. The quantitative estimate of drug-likeness (QED) is 0.653. The Morgan fingerprint density at radius 1 is 0.867 bits per heavy atom. The zero-order valence-corrected chi connectivity index (χ0v) is 9.63. The van der Waals surface area contributed by atoms with E-state index in [-0.39, 0.29) is 0 Å². The van der Waals surface area contributed by atoms with E-state index in [4.69, 9.17) is 0 Å². The lowest BCUT2D eigenvalue weighted by atomic mass is 9.94. The van der Waals surface area contributed by atoms with Crippen LogP contribution in [0.2, 0.25) is 0 Å². The summed E-state index contributed by atoms with van der Waals surface area (Å²) in [7, 11) is 0. The van der Waals surface area contributed by atoms with Gasteiger partial charge in [-0.25, -0.2) is 0 Å². The van der Waals surface area contributed by atoms with Crippen LogP contribution in [0, 0.1) is 5.92 Å². The zero-order valence-electron chi connectivity index (χ0n) is 9.63. The molecule has 0 aromatic heterocycles. The second kappa shape index (κ2) is 5.53. The Balaban J connectivity index is 1.85. The second-order valence-corrected chi connectivity index (χ2v) is 5.19. The van der Waals surface area contributed by atoms with Gasteiger partial charge in [-0.2, -0.15) is 0 Å². The van der Waals surface area contributed by atoms with Gasteiger partial charge >= 0.3 is 0 Å². The normalized spacial score (nSPS) is 34.0. The van der Waals surface area contributed by atoms with Crippen molar-refractivity contribution in [2.24, 2.45) is 5.92 Å². The van der Waals surface area contributed by atoms with E-state index in [1.54, 1.807) is 0 Å². The van der Waals surface area contributed by atoms with E-state index in [0.29, 0.717) is 17.9 Å². The number of nitrogens with one attached hydrogen (secondary N) is 1. The van der Waals surface area contributed by atoms with E-state index < -0.39 is 0 Å². The minimum Gasteiger partial charge on any atom is -0.353 e. The number of amides is 1. The second-order valence-electron chi connectivity index (χ2n) is 5.19. The fourth-order valence-electron chi connectivity index (χ4n) is 2.93. The van der Waals surface area contributed by atoms with E-state index in [1.807, 2.05) is 0 Å². The van der Waals surface area contributed by atoms with Gasteiger partial charge in [0.15, 0.2) is 0 Å². The molecule has 0 spiro atoms. The zero-order chi connectivity index (χ0) is 10.5.